The van der Waals surface area contributed by atoms with Crippen LogP contribution in [0.1, 0.15) is 39.2 Å². The van der Waals surface area contributed by atoms with Crippen LogP contribution in [0.4, 0.5) is 0 Å². The third-order valence-corrected chi connectivity index (χ3v) is 6.18. The number of nitrogens with zero attached hydrogens (tertiary/aromatic N) is 1. The highest BCUT2D eigenvalue weighted by molar-refractivity contribution is 7.89. The Hall–Kier alpha value is -0.620. The first-order valence-electron chi connectivity index (χ1n) is 7.40. The molecule has 0 aliphatic heterocycles. The molecular formula is C15H23ClN2O2S. The van der Waals surface area contributed by atoms with E-state index in [1.165, 1.54) is 17.1 Å². The summed E-state index contributed by atoms with van der Waals surface area (Å²) in [6.07, 6.45) is 2.42. The Morgan fingerprint density at radius 1 is 1.38 bits per heavy atom. The Balaban J connectivity index is 2.21. The van der Waals surface area contributed by atoms with E-state index in [1.54, 1.807) is 18.2 Å². The molecule has 2 rings (SSSR count). The third-order valence-electron chi connectivity index (χ3n) is 3.68. The maximum atomic E-state index is 12.6. The Morgan fingerprint density at radius 3 is 2.52 bits per heavy atom. The molecule has 0 unspecified atom stereocenters. The molecule has 0 amide bonds. The van der Waals surface area contributed by atoms with Crippen LogP contribution in [0.3, 0.4) is 0 Å². The fraction of sp³-hybridized carbons (Fsp3) is 0.600. The van der Waals surface area contributed by atoms with Gasteiger partial charge in [0.15, 0.2) is 0 Å². The molecule has 0 heterocycles. The lowest BCUT2D eigenvalue weighted by molar-refractivity contribution is 0.369. The van der Waals surface area contributed by atoms with Crippen LogP contribution in [0.2, 0.25) is 5.02 Å². The fourth-order valence-electron chi connectivity index (χ4n) is 2.32. The third kappa shape index (κ3) is 3.97. The van der Waals surface area contributed by atoms with Crippen molar-refractivity contribution in [2.75, 3.05) is 6.54 Å². The minimum absolute atomic E-state index is 0.0741. The van der Waals surface area contributed by atoms with E-state index in [1.807, 2.05) is 20.8 Å². The molecule has 1 aromatic rings. The van der Waals surface area contributed by atoms with Gasteiger partial charge in [-0.05, 0) is 44.4 Å². The topological polar surface area (TPSA) is 49.4 Å². The number of hydrogen-bond donors (Lipinski definition) is 1. The molecule has 1 saturated carbocycles. The minimum Gasteiger partial charge on any atom is -0.310 e. The van der Waals surface area contributed by atoms with Crippen molar-refractivity contribution in [3.8, 4) is 0 Å². The van der Waals surface area contributed by atoms with Crippen LogP contribution in [0.5, 0.6) is 0 Å². The van der Waals surface area contributed by atoms with E-state index < -0.39 is 10.0 Å². The maximum absolute atomic E-state index is 12.6. The van der Waals surface area contributed by atoms with Crippen LogP contribution in [0.25, 0.3) is 0 Å². The highest BCUT2D eigenvalue weighted by Crippen LogP contribution is 2.26. The Kier molecular flexibility index (Phi) is 5.30. The quantitative estimate of drug-likeness (QED) is 0.836. The van der Waals surface area contributed by atoms with Gasteiger partial charge in [0.05, 0.1) is 4.90 Å². The zero-order chi connectivity index (χ0) is 15.6. The maximum Gasteiger partial charge on any atom is 0.243 e. The second-order valence-corrected chi connectivity index (χ2v) is 8.01. The highest BCUT2D eigenvalue weighted by atomic mass is 35.5. The van der Waals surface area contributed by atoms with Gasteiger partial charge in [0.25, 0.3) is 0 Å². The molecule has 21 heavy (non-hydrogen) atoms. The number of nitrogens with one attached hydrogen (secondary N) is 1. The molecule has 0 spiro atoms. The van der Waals surface area contributed by atoms with Crippen LogP contribution >= 0.6 is 11.6 Å². The lowest BCUT2D eigenvalue weighted by Crippen LogP contribution is -2.36. The summed E-state index contributed by atoms with van der Waals surface area (Å²) in [5, 5.41) is 3.88. The van der Waals surface area contributed by atoms with Crippen molar-refractivity contribution in [2.45, 2.75) is 57.1 Å². The van der Waals surface area contributed by atoms with Gasteiger partial charge in [-0.2, -0.15) is 4.31 Å². The lowest BCUT2D eigenvalue weighted by Gasteiger charge is -2.24. The molecule has 1 aromatic carbocycles. The van der Waals surface area contributed by atoms with Crippen molar-refractivity contribution >= 4 is 21.6 Å². The summed E-state index contributed by atoms with van der Waals surface area (Å²) in [6.45, 7) is 6.72. The smallest absolute Gasteiger partial charge is 0.243 e. The van der Waals surface area contributed by atoms with Crippen molar-refractivity contribution < 1.29 is 8.42 Å². The van der Waals surface area contributed by atoms with Gasteiger partial charge < -0.3 is 5.32 Å². The molecule has 0 atom stereocenters. The zero-order valence-electron chi connectivity index (χ0n) is 12.8. The van der Waals surface area contributed by atoms with Crippen LogP contribution in [-0.2, 0) is 16.6 Å². The predicted molar refractivity (Wildman–Crippen MR) is 86.0 cm³/mol. The molecule has 1 aliphatic rings. The summed E-state index contributed by atoms with van der Waals surface area (Å²) >= 11 is 6.24. The summed E-state index contributed by atoms with van der Waals surface area (Å²) < 4.78 is 26.7. The lowest BCUT2D eigenvalue weighted by atomic mass is 10.2. The van der Waals surface area contributed by atoms with E-state index >= 15 is 0 Å². The van der Waals surface area contributed by atoms with E-state index in [4.69, 9.17) is 11.6 Å². The molecule has 1 aliphatic carbocycles. The van der Waals surface area contributed by atoms with Crippen LogP contribution < -0.4 is 5.32 Å². The largest absolute Gasteiger partial charge is 0.310 e. The highest BCUT2D eigenvalue weighted by Gasteiger charge is 2.26. The summed E-state index contributed by atoms with van der Waals surface area (Å²) in [7, 11) is -3.48. The van der Waals surface area contributed by atoms with Gasteiger partial charge in [-0.15, -0.1) is 0 Å². The van der Waals surface area contributed by atoms with Crippen LogP contribution in [0, 0.1) is 0 Å². The molecule has 0 radical (unpaired) electrons. The molecule has 1 fully saturated rings. The molecule has 4 nitrogen and oxygen atoms in total. The molecular weight excluding hydrogens is 308 g/mol. The molecule has 0 bridgehead atoms. The summed E-state index contributed by atoms with van der Waals surface area (Å²) in [6, 6.07) is 5.54. The first kappa shape index (κ1) is 16.7. The first-order chi connectivity index (χ1) is 9.86. The van der Waals surface area contributed by atoms with Gasteiger partial charge in [-0.3, -0.25) is 0 Å². The number of hydrogen-bond acceptors (Lipinski definition) is 3. The van der Waals surface area contributed by atoms with Crippen molar-refractivity contribution in [3.05, 3.63) is 28.8 Å². The monoisotopic (exact) mass is 330 g/mol. The van der Waals surface area contributed by atoms with Gasteiger partial charge in [0.2, 0.25) is 10.0 Å². The van der Waals surface area contributed by atoms with Crippen molar-refractivity contribution in [2.24, 2.45) is 0 Å². The average molecular weight is 331 g/mol. The fourth-order valence-corrected chi connectivity index (χ4v) is 4.31. The molecule has 1 N–H and O–H groups in total. The van der Waals surface area contributed by atoms with Crippen LogP contribution in [0.15, 0.2) is 23.1 Å². The Bertz CT molecular complexity index is 598. The van der Waals surface area contributed by atoms with Crippen molar-refractivity contribution in [1.82, 2.24) is 9.62 Å². The normalized spacial score (nSPS) is 15.9. The van der Waals surface area contributed by atoms with Gasteiger partial charge in [-0.25, -0.2) is 8.42 Å². The second kappa shape index (κ2) is 6.65. The predicted octanol–water partition coefficient (Wildman–Crippen LogP) is 3.01. The Morgan fingerprint density at radius 2 is 2.05 bits per heavy atom. The number of sulfonamides is 1. The first-order valence-corrected chi connectivity index (χ1v) is 9.21. The number of rotatable bonds is 7. The number of halogens is 1. The van der Waals surface area contributed by atoms with E-state index in [9.17, 15) is 8.42 Å². The van der Waals surface area contributed by atoms with E-state index in [2.05, 4.69) is 5.32 Å². The van der Waals surface area contributed by atoms with Gasteiger partial charge in [0, 0.05) is 30.2 Å². The van der Waals surface area contributed by atoms with Gasteiger partial charge >= 0.3 is 0 Å². The number of benzene rings is 1. The van der Waals surface area contributed by atoms with Crippen molar-refractivity contribution in [1.29, 1.82) is 0 Å². The summed E-state index contributed by atoms with van der Waals surface area (Å²) in [4.78, 5) is 0.262. The molecule has 6 heteroatoms. The molecule has 118 valence electrons. The summed E-state index contributed by atoms with van der Waals surface area (Å²) in [5.74, 6) is 0. The molecule has 0 saturated heterocycles. The summed E-state index contributed by atoms with van der Waals surface area (Å²) in [5.41, 5.74) is 0.940. The van der Waals surface area contributed by atoms with Crippen molar-refractivity contribution in [3.63, 3.8) is 0 Å². The Labute approximate surface area is 132 Å². The van der Waals surface area contributed by atoms with Crippen LogP contribution in [-0.4, -0.2) is 31.4 Å². The van der Waals surface area contributed by atoms with E-state index in [0.717, 1.165) is 5.56 Å². The second-order valence-electron chi connectivity index (χ2n) is 5.71. The van der Waals surface area contributed by atoms with Gasteiger partial charge in [0.1, 0.15) is 0 Å². The standard InChI is InChI=1S/C15H23ClN2O2S/c1-4-18(11(2)3)21(19,20)14-8-5-12(15(16)9-14)10-17-13-6-7-13/h5,8-9,11,13,17H,4,6-7,10H2,1-3H3. The van der Waals surface area contributed by atoms with E-state index in [0.29, 0.717) is 24.2 Å². The van der Waals surface area contributed by atoms with E-state index in [-0.39, 0.29) is 10.9 Å². The van der Waals surface area contributed by atoms with Gasteiger partial charge in [-0.1, -0.05) is 24.6 Å². The molecule has 0 aromatic heterocycles. The average Bonchev–Trinajstić information content (AvgIpc) is 3.21. The SMILES string of the molecule is CCN(C(C)C)S(=O)(=O)c1ccc(CNC2CC2)c(Cl)c1. The minimum atomic E-state index is -3.48. The zero-order valence-corrected chi connectivity index (χ0v) is 14.3.